The second-order valence-electron chi connectivity index (χ2n) is 5.77. The standard InChI is InChI=1S/C14H19N5/c1-18-9-16-13-12(18)2-5-15-14(13)17-11-8-19-6-3-10(11)4-7-19/h2,5,9-11H,3-4,6-8H2,1H3,(H,15,17). The van der Waals surface area contributed by atoms with Gasteiger partial charge in [0.25, 0.3) is 0 Å². The van der Waals surface area contributed by atoms with Crippen LogP contribution in [0.4, 0.5) is 5.82 Å². The van der Waals surface area contributed by atoms with Gasteiger partial charge >= 0.3 is 0 Å². The lowest BCUT2D eigenvalue weighted by atomic mass is 9.84. The molecule has 0 aliphatic carbocycles. The first-order valence-electron chi connectivity index (χ1n) is 7.06. The molecule has 3 aliphatic heterocycles. The summed E-state index contributed by atoms with van der Waals surface area (Å²) in [6.45, 7) is 3.68. The number of piperidine rings is 3. The number of aromatic nitrogens is 3. The summed E-state index contributed by atoms with van der Waals surface area (Å²) >= 11 is 0. The zero-order valence-electron chi connectivity index (χ0n) is 11.2. The Balaban J connectivity index is 1.65. The van der Waals surface area contributed by atoms with Gasteiger partial charge < -0.3 is 14.8 Å². The van der Waals surface area contributed by atoms with E-state index in [1.165, 1.54) is 25.9 Å². The van der Waals surface area contributed by atoms with Crippen molar-refractivity contribution in [1.82, 2.24) is 19.4 Å². The molecule has 0 amide bonds. The minimum absolute atomic E-state index is 0.530. The van der Waals surface area contributed by atoms with E-state index in [1.807, 2.05) is 30.2 Å². The largest absolute Gasteiger partial charge is 0.364 e. The van der Waals surface area contributed by atoms with Crippen LogP contribution < -0.4 is 5.32 Å². The molecule has 19 heavy (non-hydrogen) atoms. The van der Waals surface area contributed by atoms with Gasteiger partial charge in [0.2, 0.25) is 0 Å². The molecule has 5 heteroatoms. The van der Waals surface area contributed by atoms with Crippen molar-refractivity contribution in [2.24, 2.45) is 13.0 Å². The number of hydrogen-bond donors (Lipinski definition) is 1. The van der Waals surface area contributed by atoms with E-state index in [0.717, 1.165) is 29.3 Å². The molecule has 5 heterocycles. The Labute approximate surface area is 112 Å². The second-order valence-corrected chi connectivity index (χ2v) is 5.77. The summed E-state index contributed by atoms with van der Waals surface area (Å²) in [4.78, 5) is 11.5. The Morgan fingerprint density at radius 3 is 2.84 bits per heavy atom. The molecular weight excluding hydrogens is 238 g/mol. The van der Waals surface area contributed by atoms with E-state index in [9.17, 15) is 0 Å². The van der Waals surface area contributed by atoms with E-state index >= 15 is 0 Å². The van der Waals surface area contributed by atoms with Crippen molar-refractivity contribution in [2.45, 2.75) is 18.9 Å². The van der Waals surface area contributed by atoms with Gasteiger partial charge in [-0.05, 0) is 37.9 Å². The summed E-state index contributed by atoms with van der Waals surface area (Å²) in [5.74, 6) is 1.74. The first-order valence-corrected chi connectivity index (χ1v) is 7.06. The summed E-state index contributed by atoms with van der Waals surface area (Å²) in [7, 11) is 2.02. The highest BCUT2D eigenvalue weighted by Gasteiger charge is 2.34. The average Bonchev–Trinajstić information content (AvgIpc) is 2.83. The topological polar surface area (TPSA) is 46.0 Å². The van der Waals surface area contributed by atoms with E-state index in [-0.39, 0.29) is 0 Å². The quantitative estimate of drug-likeness (QED) is 0.885. The number of nitrogens with zero attached hydrogens (tertiary/aromatic N) is 4. The molecule has 3 fully saturated rings. The van der Waals surface area contributed by atoms with Crippen molar-refractivity contribution in [3.63, 3.8) is 0 Å². The maximum Gasteiger partial charge on any atom is 0.154 e. The number of fused-ring (bicyclic) bond motifs is 4. The molecule has 5 nitrogen and oxygen atoms in total. The first kappa shape index (κ1) is 11.2. The number of hydrogen-bond acceptors (Lipinski definition) is 4. The molecule has 1 unspecified atom stereocenters. The van der Waals surface area contributed by atoms with E-state index in [1.54, 1.807) is 0 Å². The Bertz CT molecular complexity index is 597. The van der Waals surface area contributed by atoms with Crippen LogP contribution in [0, 0.1) is 5.92 Å². The molecule has 0 spiro atoms. The van der Waals surface area contributed by atoms with Crippen LogP contribution in [-0.4, -0.2) is 45.1 Å². The van der Waals surface area contributed by atoms with Crippen LogP contribution in [0.25, 0.3) is 11.0 Å². The average molecular weight is 257 g/mol. The van der Waals surface area contributed by atoms with E-state index in [4.69, 9.17) is 0 Å². The number of rotatable bonds is 2. The number of anilines is 1. The Morgan fingerprint density at radius 2 is 2.11 bits per heavy atom. The highest BCUT2D eigenvalue weighted by atomic mass is 15.2. The van der Waals surface area contributed by atoms with Gasteiger partial charge in [-0.1, -0.05) is 0 Å². The lowest BCUT2D eigenvalue weighted by Gasteiger charge is -2.45. The third-order valence-electron chi connectivity index (χ3n) is 4.62. The Hall–Kier alpha value is -1.62. The van der Waals surface area contributed by atoms with Crippen LogP contribution in [0.5, 0.6) is 0 Å². The lowest BCUT2D eigenvalue weighted by molar-refractivity contribution is 0.0974. The molecule has 0 saturated carbocycles. The van der Waals surface area contributed by atoms with Crippen molar-refractivity contribution in [1.29, 1.82) is 0 Å². The van der Waals surface area contributed by atoms with Gasteiger partial charge in [0.15, 0.2) is 5.82 Å². The fraction of sp³-hybridized carbons (Fsp3) is 0.571. The number of aryl methyl sites for hydroxylation is 1. The maximum atomic E-state index is 4.49. The molecule has 2 aromatic heterocycles. The molecule has 2 aromatic rings. The van der Waals surface area contributed by atoms with Crippen LogP contribution in [-0.2, 0) is 7.05 Å². The molecule has 1 N–H and O–H groups in total. The molecular formula is C14H19N5. The van der Waals surface area contributed by atoms with Crippen LogP contribution in [0.15, 0.2) is 18.6 Å². The van der Waals surface area contributed by atoms with Crippen LogP contribution in [0.3, 0.4) is 0 Å². The fourth-order valence-electron chi connectivity index (χ4n) is 3.47. The molecule has 0 aromatic carbocycles. The molecule has 3 aliphatic rings. The van der Waals surface area contributed by atoms with Gasteiger partial charge in [0.05, 0.1) is 11.8 Å². The van der Waals surface area contributed by atoms with Crippen LogP contribution in [0.2, 0.25) is 0 Å². The minimum Gasteiger partial charge on any atom is -0.364 e. The molecule has 5 rings (SSSR count). The lowest BCUT2D eigenvalue weighted by Crippen LogP contribution is -2.53. The maximum absolute atomic E-state index is 4.49. The summed E-state index contributed by atoms with van der Waals surface area (Å²) in [5.41, 5.74) is 2.13. The van der Waals surface area contributed by atoms with Crippen molar-refractivity contribution < 1.29 is 0 Å². The van der Waals surface area contributed by atoms with Gasteiger partial charge in [0.1, 0.15) is 5.52 Å². The molecule has 2 bridgehead atoms. The van der Waals surface area contributed by atoms with Gasteiger partial charge in [0, 0.05) is 25.8 Å². The van der Waals surface area contributed by atoms with Crippen molar-refractivity contribution in [3.8, 4) is 0 Å². The summed E-state index contributed by atoms with van der Waals surface area (Å²) in [6.07, 6.45) is 6.35. The van der Waals surface area contributed by atoms with Crippen LogP contribution >= 0.6 is 0 Å². The number of imidazole rings is 1. The predicted molar refractivity (Wildman–Crippen MR) is 75.1 cm³/mol. The predicted octanol–water partition coefficient (Wildman–Crippen LogP) is 1.47. The molecule has 0 radical (unpaired) electrons. The summed E-state index contributed by atoms with van der Waals surface area (Å²) < 4.78 is 2.04. The molecule has 100 valence electrons. The minimum atomic E-state index is 0.530. The summed E-state index contributed by atoms with van der Waals surface area (Å²) in [6, 6.07) is 2.55. The molecule has 3 saturated heterocycles. The molecule has 1 atom stereocenters. The summed E-state index contributed by atoms with van der Waals surface area (Å²) in [5, 5.41) is 3.64. The Kier molecular flexibility index (Phi) is 2.48. The van der Waals surface area contributed by atoms with E-state index in [2.05, 4.69) is 20.2 Å². The van der Waals surface area contributed by atoms with Gasteiger partial charge in [-0.15, -0.1) is 0 Å². The van der Waals surface area contributed by atoms with Gasteiger partial charge in [-0.25, -0.2) is 9.97 Å². The Morgan fingerprint density at radius 1 is 1.26 bits per heavy atom. The van der Waals surface area contributed by atoms with Crippen molar-refractivity contribution >= 4 is 16.9 Å². The fourth-order valence-corrected chi connectivity index (χ4v) is 3.47. The number of pyridine rings is 1. The van der Waals surface area contributed by atoms with E-state index in [0.29, 0.717) is 6.04 Å². The second kappa shape index (κ2) is 4.20. The smallest absolute Gasteiger partial charge is 0.154 e. The zero-order valence-corrected chi connectivity index (χ0v) is 11.2. The monoisotopic (exact) mass is 257 g/mol. The van der Waals surface area contributed by atoms with E-state index < -0.39 is 0 Å². The third kappa shape index (κ3) is 1.80. The third-order valence-corrected chi connectivity index (χ3v) is 4.62. The zero-order chi connectivity index (χ0) is 12.8. The van der Waals surface area contributed by atoms with Crippen molar-refractivity contribution in [3.05, 3.63) is 18.6 Å². The highest BCUT2D eigenvalue weighted by Crippen LogP contribution is 2.30. The van der Waals surface area contributed by atoms with Gasteiger partial charge in [-0.3, -0.25) is 0 Å². The van der Waals surface area contributed by atoms with Crippen molar-refractivity contribution in [2.75, 3.05) is 25.0 Å². The normalized spacial score (nSPS) is 29.8. The SMILES string of the molecule is Cn1cnc2c(NC3CN4CCC3CC4)nccc21. The first-order chi connectivity index (χ1) is 9.31. The highest BCUT2D eigenvalue weighted by molar-refractivity contribution is 5.85. The van der Waals surface area contributed by atoms with Gasteiger partial charge in [-0.2, -0.15) is 0 Å². The number of nitrogens with one attached hydrogen (secondary N) is 1. The van der Waals surface area contributed by atoms with Crippen LogP contribution in [0.1, 0.15) is 12.8 Å².